The topological polar surface area (TPSA) is 32.5 Å². The Morgan fingerprint density at radius 2 is 2.04 bits per heavy atom. The third kappa shape index (κ3) is 4.72. The lowest BCUT2D eigenvalue weighted by molar-refractivity contribution is -0.151. The first-order valence-electron chi connectivity index (χ1n) is 9.27. The van der Waals surface area contributed by atoms with E-state index in [1.54, 1.807) is 0 Å². The molecular weight excluding hydrogens is 394 g/mol. The first kappa shape index (κ1) is 20.8. The van der Waals surface area contributed by atoms with Gasteiger partial charge in [0.15, 0.2) is 0 Å². The fraction of sp³-hybridized carbons (Fsp3) is 0.579. The van der Waals surface area contributed by atoms with Crippen LogP contribution in [0.1, 0.15) is 38.2 Å². The van der Waals surface area contributed by atoms with Crippen LogP contribution in [0.25, 0.3) is 5.70 Å². The summed E-state index contributed by atoms with van der Waals surface area (Å²) in [5, 5.41) is 1.49. The molecule has 27 heavy (non-hydrogen) atoms. The summed E-state index contributed by atoms with van der Waals surface area (Å²) in [4.78, 5) is 3.78. The van der Waals surface area contributed by atoms with E-state index in [9.17, 15) is 13.2 Å². The predicted octanol–water partition coefficient (Wildman–Crippen LogP) is 4.28. The lowest BCUT2D eigenvalue weighted by Gasteiger charge is -2.45. The number of hydrogen-bond donors (Lipinski definition) is 1. The number of anilines is 1. The van der Waals surface area contributed by atoms with E-state index in [1.165, 1.54) is 4.90 Å². The molecule has 1 heterocycles. The Bertz CT molecular complexity index is 708. The molecule has 1 aliphatic heterocycles. The van der Waals surface area contributed by atoms with Crippen LogP contribution < -0.4 is 11.0 Å². The molecule has 1 spiro atoms. The molecule has 1 saturated heterocycles. The molecule has 1 aromatic rings. The standard InChI is InChI=1S/C19H26ClF3N3P/c1-2-3-4-16(17-14(20)9-13(27)10-15(17)24)26-8-7-25(12-19(21,22)23)11-18(26)5-6-18/h4,9-10H,2-3,5-8,11-12,24,27H2,1H3/b16-4-. The van der Waals surface area contributed by atoms with E-state index in [2.05, 4.69) is 27.1 Å². The molecule has 0 amide bonds. The first-order chi connectivity index (χ1) is 12.6. The Morgan fingerprint density at radius 1 is 1.33 bits per heavy atom. The molecule has 1 aliphatic carbocycles. The van der Waals surface area contributed by atoms with Crippen LogP contribution in [0, 0.1) is 0 Å². The van der Waals surface area contributed by atoms with E-state index in [-0.39, 0.29) is 5.54 Å². The molecule has 8 heteroatoms. The van der Waals surface area contributed by atoms with Gasteiger partial charge in [-0.25, -0.2) is 0 Å². The lowest BCUT2D eigenvalue weighted by atomic mass is 10.0. The lowest BCUT2D eigenvalue weighted by Crippen LogP contribution is -2.55. The second kappa shape index (κ2) is 7.81. The van der Waals surface area contributed by atoms with Gasteiger partial charge in [0.2, 0.25) is 0 Å². The Kier molecular flexibility index (Phi) is 6.00. The summed E-state index contributed by atoms with van der Waals surface area (Å²) >= 11 is 6.54. The highest BCUT2D eigenvalue weighted by molar-refractivity contribution is 7.27. The molecule has 2 aliphatic rings. The van der Waals surface area contributed by atoms with Gasteiger partial charge >= 0.3 is 6.18 Å². The Hall–Kier alpha value is -0.970. The first-order valence-corrected chi connectivity index (χ1v) is 10.2. The van der Waals surface area contributed by atoms with Crippen molar-refractivity contribution in [1.29, 1.82) is 0 Å². The summed E-state index contributed by atoms with van der Waals surface area (Å²) in [5.74, 6) is 0. The molecule has 150 valence electrons. The normalized spacial score (nSPS) is 20.4. The second-order valence-corrected chi connectivity index (χ2v) is 8.62. The zero-order valence-electron chi connectivity index (χ0n) is 15.4. The van der Waals surface area contributed by atoms with E-state index in [4.69, 9.17) is 17.3 Å². The number of nitrogens with zero attached hydrogens (tertiary/aromatic N) is 2. The van der Waals surface area contributed by atoms with E-state index in [0.717, 1.165) is 42.2 Å². The second-order valence-electron chi connectivity index (χ2n) is 7.55. The number of benzene rings is 1. The van der Waals surface area contributed by atoms with Gasteiger partial charge in [-0.1, -0.05) is 31.0 Å². The Morgan fingerprint density at radius 3 is 2.59 bits per heavy atom. The largest absolute Gasteiger partial charge is 0.401 e. The highest BCUT2D eigenvalue weighted by Gasteiger charge is 2.53. The van der Waals surface area contributed by atoms with Gasteiger partial charge in [0, 0.05) is 36.6 Å². The van der Waals surface area contributed by atoms with Gasteiger partial charge in [0.1, 0.15) is 0 Å². The smallest absolute Gasteiger partial charge is 0.398 e. The number of allylic oxidation sites excluding steroid dienone is 1. The number of nitrogens with two attached hydrogens (primary N) is 1. The molecule has 1 aromatic carbocycles. The fourth-order valence-electron chi connectivity index (χ4n) is 3.94. The zero-order chi connectivity index (χ0) is 19.8. The SMILES string of the molecule is CCC/C=C(/c1c(N)cc(P)cc1Cl)N1CCN(CC(F)(F)F)CC12CC2. The molecule has 0 bridgehead atoms. The van der Waals surface area contributed by atoms with Gasteiger partial charge in [-0.15, -0.1) is 9.24 Å². The molecule has 0 aromatic heterocycles. The number of alkyl halides is 3. The Balaban J connectivity index is 1.92. The quantitative estimate of drug-likeness (QED) is 0.571. The zero-order valence-corrected chi connectivity index (χ0v) is 17.4. The van der Waals surface area contributed by atoms with Crippen molar-refractivity contribution in [2.24, 2.45) is 0 Å². The maximum Gasteiger partial charge on any atom is 0.401 e. The van der Waals surface area contributed by atoms with Crippen LogP contribution in [-0.4, -0.2) is 47.7 Å². The molecule has 3 nitrogen and oxygen atoms in total. The van der Waals surface area contributed by atoms with Gasteiger partial charge in [-0.3, -0.25) is 4.90 Å². The molecule has 2 fully saturated rings. The third-order valence-electron chi connectivity index (χ3n) is 5.28. The van der Waals surface area contributed by atoms with Crippen molar-refractivity contribution < 1.29 is 13.2 Å². The van der Waals surface area contributed by atoms with E-state index in [0.29, 0.717) is 30.3 Å². The highest BCUT2D eigenvalue weighted by atomic mass is 35.5. The van der Waals surface area contributed by atoms with Crippen LogP contribution in [0.4, 0.5) is 18.9 Å². The minimum Gasteiger partial charge on any atom is -0.398 e. The summed E-state index contributed by atoms with van der Waals surface area (Å²) in [6.45, 7) is 2.60. The number of rotatable bonds is 5. The van der Waals surface area contributed by atoms with Crippen molar-refractivity contribution in [3.8, 4) is 0 Å². The van der Waals surface area contributed by atoms with E-state index in [1.807, 2.05) is 12.1 Å². The van der Waals surface area contributed by atoms with Crippen LogP contribution in [0.5, 0.6) is 0 Å². The van der Waals surface area contributed by atoms with Gasteiger partial charge in [-0.2, -0.15) is 13.2 Å². The summed E-state index contributed by atoms with van der Waals surface area (Å²) < 4.78 is 38.5. The van der Waals surface area contributed by atoms with Crippen LogP contribution in [0.2, 0.25) is 5.02 Å². The molecule has 0 radical (unpaired) electrons. The minimum atomic E-state index is -4.17. The van der Waals surface area contributed by atoms with Crippen molar-refractivity contribution in [2.45, 2.75) is 44.3 Å². The summed E-state index contributed by atoms with van der Waals surface area (Å²) in [7, 11) is 2.59. The van der Waals surface area contributed by atoms with Crippen molar-refractivity contribution in [1.82, 2.24) is 9.80 Å². The average Bonchev–Trinajstić information content (AvgIpc) is 3.28. The number of piperazine rings is 1. The molecular formula is C19H26ClF3N3P. The number of halogens is 4. The van der Waals surface area contributed by atoms with Gasteiger partial charge in [0.05, 0.1) is 17.1 Å². The van der Waals surface area contributed by atoms with Crippen LogP contribution >= 0.6 is 20.8 Å². The highest BCUT2D eigenvalue weighted by Crippen LogP contribution is 2.49. The predicted molar refractivity (Wildman–Crippen MR) is 109 cm³/mol. The fourth-order valence-corrected chi connectivity index (χ4v) is 4.73. The van der Waals surface area contributed by atoms with Gasteiger partial charge in [-0.05, 0) is 36.7 Å². The number of hydrogen-bond acceptors (Lipinski definition) is 3. The summed E-state index contributed by atoms with van der Waals surface area (Å²) in [5.41, 5.74) is 8.42. The molecule has 1 atom stereocenters. The van der Waals surface area contributed by atoms with Gasteiger partial charge < -0.3 is 10.6 Å². The monoisotopic (exact) mass is 419 g/mol. The molecule has 2 N–H and O–H groups in total. The van der Waals surface area contributed by atoms with Crippen molar-refractivity contribution in [3.05, 3.63) is 28.8 Å². The summed E-state index contributed by atoms with van der Waals surface area (Å²) in [6.07, 6.45) is 1.60. The molecule has 1 saturated carbocycles. The van der Waals surface area contributed by atoms with Crippen molar-refractivity contribution in [3.63, 3.8) is 0 Å². The number of unbranched alkanes of at least 4 members (excludes halogenated alkanes) is 1. The molecule has 1 unspecified atom stereocenters. The Labute approximate surface area is 165 Å². The van der Waals surface area contributed by atoms with Crippen molar-refractivity contribution in [2.75, 3.05) is 31.9 Å². The molecule has 3 rings (SSSR count). The maximum atomic E-state index is 12.8. The average molecular weight is 420 g/mol. The minimum absolute atomic E-state index is 0.238. The van der Waals surface area contributed by atoms with E-state index < -0.39 is 12.7 Å². The van der Waals surface area contributed by atoms with Crippen LogP contribution in [-0.2, 0) is 0 Å². The third-order valence-corrected chi connectivity index (χ3v) is 5.91. The van der Waals surface area contributed by atoms with Crippen molar-refractivity contribution >= 4 is 37.5 Å². The van der Waals surface area contributed by atoms with Crippen LogP contribution in [0.3, 0.4) is 0 Å². The van der Waals surface area contributed by atoms with E-state index >= 15 is 0 Å². The summed E-state index contributed by atoms with van der Waals surface area (Å²) in [6, 6.07) is 3.72. The number of nitrogen functional groups attached to an aromatic ring is 1. The van der Waals surface area contributed by atoms with Crippen LogP contribution in [0.15, 0.2) is 18.2 Å². The maximum absolute atomic E-state index is 12.8. The van der Waals surface area contributed by atoms with Gasteiger partial charge in [0.25, 0.3) is 0 Å².